The van der Waals surface area contributed by atoms with E-state index in [1.165, 1.54) is 11.1 Å². The summed E-state index contributed by atoms with van der Waals surface area (Å²) in [6.07, 6.45) is 0. The molecule has 0 spiro atoms. The first kappa shape index (κ1) is 13.5. The predicted octanol–water partition coefficient (Wildman–Crippen LogP) is 1.75. The lowest BCUT2D eigenvalue weighted by Crippen LogP contribution is -2.46. The lowest BCUT2D eigenvalue weighted by atomic mass is 9.98. The summed E-state index contributed by atoms with van der Waals surface area (Å²) in [6.45, 7) is 8.65. The molecule has 0 saturated carbocycles. The summed E-state index contributed by atoms with van der Waals surface area (Å²) in [5.41, 5.74) is 2.58. The van der Waals surface area contributed by atoms with Crippen LogP contribution in [0.4, 0.5) is 0 Å². The van der Waals surface area contributed by atoms with E-state index in [0.29, 0.717) is 5.92 Å². The van der Waals surface area contributed by atoms with Gasteiger partial charge in [-0.1, -0.05) is 38.1 Å². The number of piperazine rings is 1. The molecule has 1 aromatic carbocycles. The largest absolute Gasteiger partial charge is 0.394 e. The molecule has 1 aliphatic heterocycles. The molecule has 0 aliphatic carbocycles. The Bertz CT molecular complexity index is 355. The quantitative estimate of drug-likeness (QED) is 0.852. The van der Waals surface area contributed by atoms with Crippen LogP contribution < -0.4 is 5.32 Å². The summed E-state index contributed by atoms with van der Waals surface area (Å²) in [7, 11) is 0. The van der Waals surface area contributed by atoms with Gasteiger partial charge < -0.3 is 10.4 Å². The van der Waals surface area contributed by atoms with E-state index in [2.05, 4.69) is 48.3 Å². The van der Waals surface area contributed by atoms with Crippen molar-refractivity contribution in [1.82, 2.24) is 10.2 Å². The Balaban J connectivity index is 2.11. The monoisotopic (exact) mass is 248 g/mol. The first-order chi connectivity index (χ1) is 8.72. The molecular formula is C15H24N2O. The molecular weight excluding hydrogens is 224 g/mol. The Morgan fingerprint density at radius 3 is 2.17 bits per heavy atom. The first-order valence-electron chi connectivity index (χ1n) is 6.88. The van der Waals surface area contributed by atoms with Gasteiger partial charge in [0.05, 0.1) is 12.6 Å². The van der Waals surface area contributed by atoms with E-state index in [1.807, 2.05) is 0 Å². The van der Waals surface area contributed by atoms with Crippen LogP contribution in [0.25, 0.3) is 0 Å². The molecule has 1 aliphatic rings. The fourth-order valence-electron chi connectivity index (χ4n) is 2.53. The number of nitrogens with one attached hydrogen (secondary N) is 1. The fraction of sp³-hybridized carbons (Fsp3) is 0.600. The Hall–Kier alpha value is -0.900. The number of hydrogen-bond acceptors (Lipinski definition) is 3. The average molecular weight is 248 g/mol. The summed E-state index contributed by atoms with van der Waals surface area (Å²) in [5, 5.41) is 13.0. The number of rotatable bonds is 4. The second-order valence-corrected chi connectivity index (χ2v) is 5.31. The van der Waals surface area contributed by atoms with Crippen LogP contribution >= 0.6 is 0 Å². The molecule has 2 rings (SSSR count). The van der Waals surface area contributed by atoms with Gasteiger partial charge in [0.25, 0.3) is 0 Å². The average Bonchev–Trinajstić information content (AvgIpc) is 2.41. The van der Waals surface area contributed by atoms with E-state index in [4.69, 9.17) is 0 Å². The normalized spacial score (nSPS) is 19.1. The Morgan fingerprint density at radius 1 is 1.11 bits per heavy atom. The Morgan fingerprint density at radius 2 is 1.67 bits per heavy atom. The molecule has 2 N–H and O–H groups in total. The van der Waals surface area contributed by atoms with Gasteiger partial charge in [-0.15, -0.1) is 0 Å². The van der Waals surface area contributed by atoms with Gasteiger partial charge in [0.15, 0.2) is 0 Å². The molecule has 3 nitrogen and oxygen atoms in total. The van der Waals surface area contributed by atoms with Gasteiger partial charge >= 0.3 is 0 Å². The van der Waals surface area contributed by atoms with Crippen LogP contribution in [-0.2, 0) is 0 Å². The Kier molecular flexibility index (Phi) is 4.75. The second-order valence-electron chi connectivity index (χ2n) is 5.31. The van der Waals surface area contributed by atoms with Crippen molar-refractivity contribution in [3.05, 3.63) is 35.4 Å². The third-order valence-corrected chi connectivity index (χ3v) is 3.75. The van der Waals surface area contributed by atoms with Crippen molar-refractivity contribution >= 4 is 0 Å². The van der Waals surface area contributed by atoms with E-state index in [-0.39, 0.29) is 12.6 Å². The molecule has 100 valence electrons. The maximum absolute atomic E-state index is 9.65. The molecule has 3 heteroatoms. The van der Waals surface area contributed by atoms with Gasteiger partial charge in [-0.3, -0.25) is 4.90 Å². The van der Waals surface area contributed by atoms with Crippen molar-refractivity contribution in [3.8, 4) is 0 Å². The zero-order valence-electron chi connectivity index (χ0n) is 11.4. The van der Waals surface area contributed by atoms with Crippen LogP contribution in [0.2, 0.25) is 0 Å². The predicted molar refractivity (Wildman–Crippen MR) is 74.8 cm³/mol. The molecule has 0 aromatic heterocycles. The molecule has 18 heavy (non-hydrogen) atoms. The third-order valence-electron chi connectivity index (χ3n) is 3.75. The van der Waals surface area contributed by atoms with Crippen molar-refractivity contribution in [1.29, 1.82) is 0 Å². The van der Waals surface area contributed by atoms with E-state index in [1.54, 1.807) is 0 Å². The maximum Gasteiger partial charge on any atom is 0.0628 e. The van der Waals surface area contributed by atoms with Crippen molar-refractivity contribution in [2.75, 3.05) is 32.8 Å². The van der Waals surface area contributed by atoms with Crippen LogP contribution in [-0.4, -0.2) is 42.8 Å². The molecule has 1 saturated heterocycles. The summed E-state index contributed by atoms with van der Waals surface area (Å²) in [6, 6.07) is 8.85. The topological polar surface area (TPSA) is 35.5 Å². The fourth-order valence-corrected chi connectivity index (χ4v) is 2.53. The smallest absolute Gasteiger partial charge is 0.0628 e. The maximum atomic E-state index is 9.65. The van der Waals surface area contributed by atoms with Gasteiger partial charge in [-0.05, 0) is 17.0 Å². The first-order valence-corrected chi connectivity index (χ1v) is 6.88. The minimum atomic E-state index is 0.147. The SMILES string of the molecule is CC(C)c1ccc([C@@H](CO)N2CCNCC2)cc1. The molecule has 0 bridgehead atoms. The van der Waals surface area contributed by atoms with Gasteiger partial charge in [0, 0.05) is 26.2 Å². The van der Waals surface area contributed by atoms with Crippen LogP contribution in [0.15, 0.2) is 24.3 Å². The highest BCUT2D eigenvalue weighted by Gasteiger charge is 2.21. The standard InChI is InChI=1S/C15H24N2O/c1-12(2)13-3-5-14(6-4-13)15(11-18)17-9-7-16-8-10-17/h3-6,12,15-16,18H,7-11H2,1-2H3/t15-/m1/s1. The highest BCUT2D eigenvalue weighted by molar-refractivity contribution is 5.27. The minimum Gasteiger partial charge on any atom is -0.394 e. The van der Waals surface area contributed by atoms with Crippen molar-refractivity contribution in [2.24, 2.45) is 0 Å². The summed E-state index contributed by atoms with van der Waals surface area (Å²) in [5.74, 6) is 0.561. The van der Waals surface area contributed by atoms with Crippen molar-refractivity contribution in [3.63, 3.8) is 0 Å². The lowest BCUT2D eigenvalue weighted by Gasteiger charge is -2.34. The second kappa shape index (κ2) is 6.32. The number of aliphatic hydroxyl groups excluding tert-OH is 1. The summed E-state index contributed by atoms with van der Waals surface area (Å²) >= 11 is 0. The highest BCUT2D eigenvalue weighted by atomic mass is 16.3. The van der Waals surface area contributed by atoms with Crippen molar-refractivity contribution < 1.29 is 5.11 Å². The van der Waals surface area contributed by atoms with Gasteiger partial charge in [0.2, 0.25) is 0 Å². The molecule has 1 fully saturated rings. The van der Waals surface area contributed by atoms with Crippen LogP contribution in [0, 0.1) is 0 Å². The van der Waals surface area contributed by atoms with Gasteiger partial charge in [0.1, 0.15) is 0 Å². The van der Waals surface area contributed by atoms with Crippen LogP contribution in [0.5, 0.6) is 0 Å². The van der Waals surface area contributed by atoms with Crippen molar-refractivity contribution in [2.45, 2.75) is 25.8 Å². The molecule has 1 heterocycles. The molecule has 0 radical (unpaired) electrons. The zero-order valence-corrected chi connectivity index (χ0v) is 11.4. The van der Waals surface area contributed by atoms with Gasteiger partial charge in [-0.2, -0.15) is 0 Å². The van der Waals surface area contributed by atoms with Crippen LogP contribution in [0.3, 0.4) is 0 Å². The number of nitrogens with zero attached hydrogens (tertiary/aromatic N) is 1. The van der Waals surface area contributed by atoms with Gasteiger partial charge in [-0.25, -0.2) is 0 Å². The van der Waals surface area contributed by atoms with Crippen LogP contribution in [0.1, 0.15) is 36.9 Å². The zero-order chi connectivity index (χ0) is 13.0. The highest BCUT2D eigenvalue weighted by Crippen LogP contribution is 2.23. The molecule has 1 aromatic rings. The number of benzene rings is 1. The lowest BCUT2D eigenvalue weighted by molar-refractivity contribution is 0.111. The summed E-state index contributed by atoms with van der Waals surface area (Å²) < 4.78 is 0. The molecule has 0 unspecified atom stereocenters. The number of aliphatic hydroxyl groups is 1. The minimum absolute atomic E-state index is 0.147. The van der Waals surface area contributed by atoms with E-state index >= 15 is 0 Å². The van der Waals surface area contributed by atoms with E-state index in [9.17, 15) is 5.11 Å². The summed E-state index contributed by atoms with van der Waals surface area (Å²) in [4.78, 5) is 2.36. The van der Waals surface area contributed by atoms with E-state index in [0.717, 1.165) is 26.2 Å². The molecule has 0 amide bonds. The van der Waals surface area contributed by atoms with E-state index < -0.39 is 0 Å². The Labute approximate surface area is 110 Å². The third kappa shape index (κ3) is 3.10. The number of hydrogen-bond donors (Lipinski definition) is 2. The molecule has 1 atom stereocenters.